The molecule has 1 aliphatic rings. The summed E-state index contributed by atoms with van der Waals surface area (Å²) in [6.45, 7) is 4.03. The highest BCUT2D eigenvalue weighted by Gasteiger charge is 2.19. The molecule has 0 saturated carbocycles. The van der Waals surface area contributed by atoms with E-state index >= 15 is 0 Å². The molecule has 1 N–H and O–H groups in total. The Kier molecular flexibility index (Phi) is 4.92. The molecule has 0 spiro atoms. The van der Waals surface area contributed by atoms with Gasteiger partial charge in [0.25, 0.3) is 5.89 Å². The normalized spacial score (nSPS) is 17.5. The van der Waals surface area contributed by atoms with Gasteiger partial charge in [0.05, 0.1) is 6.04 Å². The Morgan fingerprint density at radius 3 is 2.79 bits per heavy atom. The minimum absolute atomic E-state index is 0. The molecule has 0 amide bonds. The predicted octanol–water partition coefficient (Wildman–Crippen LogP) is 2.65. The summed E-state index contributed by atoms with van der Waals surface area (Å²) in [6.07, 6.45) is 4.00. The third kappa shape index (κ3) is 3.32. The van der Waals surface area contributed by atoms with Crippen molar-refractivity contribution >= 4 is 12.4 Å². The number of aromatic nitrogens is 5. The van der Waals surface area contributed by atoms with Crippen LogP contribution in [0, 0.1) is 6.92 Å². The van der Waals surface area contributed by atoms with E-state index in [1.165, 1.54) is 5.56 Å². The largest absolute Gasteiger partial charge is 0.330 e. The molecule has 126 valence electrons. The molecule has 1 aliphatic heterocycles. The molecular formula is C16H19ClN6O. The van der Waals surface area contributed by atoms with Gasteiger partial charge in [-0.3, -0.25) is 0 Å². The highest BCUT2D eigenvalue weighted by Crippen LogP contribution is 2.21. The summed E-state index contributed by atoms with van der Waals surface area (Å²) in [5.74, 6) is 1.38. The molecule has 8 heteroatoms. The summed E-state index contributed by atoms with van der Waals surface area (Å²) >= 11 is 0. The van der Waals surface area contributed by atoms with Crippen molar-refractivity contribution < 1.29 is 4.52 Å². The Morgan fingerprint density at radius 1 is 1.21 bits per heavy atom. The second-order valence-electron chi connectivity index (χ2n) is 5.84. The van der Waals surface area contributed by atoms with Crippen molar-refractivity contribution in [1.82, 2.24) is 30.2 Å². The zero-order valence-corrected chi connectivity index (χ0v) is 14.2. The van der Waals surface area contributed by atoms with E-state index in [0.29, 0.717) is 23.6 Å². The van der Waals surface area contributed by atoms with Gasteiger partial charge in [-0.25, -0.2) is 9.67 Å². The first kappa shape index (κ1) is 16.6. The van der Waals surface area contributed by atoms with Crippen LogP contribution < -0.4 is 5.32 Å². The molecule has 1 saturated heterocycles. The van der Waals surface area contributed by atoms with Crippen molar-refractivity contribution in [3.05, 3.63) is 36.2 Å². The third-order valence-electron chi connectivity index (χ3n) is 4.08. The smallest absolute Gasteiger partial charge is 0.297 e. The first-order chi connectivity index (χ1) is 11.3. The van der Waals surface area contributed by atoms with E-state index in [-0.39, 0.29) is 12.4 Å². The molecule has 0 bridgehead atoms. The molecule has 7 nitrogen and oxygen atoms in total. The lowest BCUT2D eigenvalue weighted by molar-refractivity contribution is 0.345. The van der Waals surface area contributed by atoms with Crippen LogP contribution in [0.1, 0.15) is 24.4 Å². The average Bonchev–Trinajstić information content (AvgIpc) is 3.26. The molecule has 2 aromatic heterocycles. The van der Waals surface area contributed by atoms with Crippen LogP contribution in [0.5, 0.6) is 0 Å². The Balaban J connectivity index is 0.00000169. The predicted molar refractivity (Wildman–Crippen MR) is 91.9 cm³/mol. The molecule has 3 heterocycles. The SMILES string of the molecule is Cc1ccc(-c2noc(-c3ncn(C4CCCNC4)n3)n2)cc1.Cl. The lowest BCUT2D eigenvalue weighted by atomic mass is 10.1. The molecule has 1 fully saturated rings. The topological polar surface area (TPSA) is 81.7 Å². The van der Waals surface area contributed by atoms with Crippen LogP contribution in [0.2, 0.25) is 0 Å². The maximum absolute atomic E-state index is 5.32. The van der Waals surface area contributed by atoms with E-state index in [1.807, 2.05) is 35.9 Å². The quantitative estimate of drug-likeness (QED) is 0.785. The minimum atomic E-state index is 0. The van der Waals surface area contributed by atoms with Gasteiger partial charge in [-0.1, -0.05) is 35.0 Å². The van der Waals surface area contributed by atoms with Gasteiger partial charge in [0.1, 0.15) is 6.33 Å². The van der Waals surface area contributed by atoms with Crippen LogP contribution in [0.4, 0.5) is 0 Å². The van der Waals surface area contributed by atoms with E-state index in [4.69, 9.17) is 4.52 Å². The van der Waals surface area contributed by atoms with Gasteiger partial charge in [0.15, 0.2) is 0 Å². The number of piperidine rings is 1. The van der Waals surface area contributed by atoms with Crippen molar-refractivity contribution in [2.45, 2.75) is 25.8 Å². The molecule has 24 heavy (non-hydrogen) atoms. The highest BCUT2D eigenvalue weighted by molar-refractivity contribution is 5.85. The number of nitrogens with zero attached hydrogens (tertiary/aromatic N) is 5. The van der Waals surface area contributed by atoms with Crippen LogP contribution in [-0.2, 0) is 0 Å². The summed E-state index contributed by atoms with van der Waals surface area (Å²) in [6, 6.07) is 8.33. The standard InChI is InChI=1S/C16H18N6O.ClH/c1-11-4-6-12(7-5-11)14-19-16(23-21-14)15-18-10-22(20-15)13-3-2-8-17-9-13;/h4-7,10,13,17H,2-3,8-9H2,1H3;1H. The van der Waals surface area contributed by atoms with Crippen LogP contribution >= 0.6 is 12.4 Å². The second-order valence-corrected chi connectivity index (χ2v) is 5.84. The van der Waals surface area contributed by atoms with E-state index in [1.54, 1.807) is 6.33 Å². The van der Waals surface area contributed by atoms with E-state index in [9.17, 15) is 0 Å². The van der Waals surface area contributed by atoms with Gasteiger partial charge >= 0.3 is 0 Å². The number of nitrogens with one attached hydrogen (secondary N) is 1. The first-order valence-electron chi connectivity index (χ1n) is 7.82. The second kappa shape index (κ2) is 7.11. The van der Waals surface area contributed by atoms with Gasteiger partial charge in [0.2, 0.25) is 11.6 Å². The molecule has 4 rings (SSSR count). The van der Waals surface area contributed by atoms with E-state index in [0.717, 1.165) is 31.5 Å². The molecule has 1 aromatic carbocycles. The summed E-state index contributed by atoms with van der Waals surface area (Å²) in [4.78, 5) is 8.72. The Morgan fingerprint density at radius 2 is 2.04 bits per heavy atom. The highest BCUT2D eigenvalue weighted by atomic mass is 35.5. The fourth-order valence-electron chi connectivity index (χ4n) is 2.74. The van der Waals surface area contributed by atoms with Crippen LogP contribution in [0.3, 0.4) is 0 Å². The molecule has 0 radical (unpaired) electrons. The number of benzene rings is 1. The summed E-state index contributed by atoms with van der Waals surface area (Å²) in [5.41, 5.74) is 2.11. The zero-order valence-electron chi connectivity index (χ0n) is 13.3. The molecule has 0 aliphatic carbocycles. The van der Waals surface area contributed by atoms with Crippen LogP contribution in [-0.4, -0.2) is 38.0 Å². The lowest BCUT2D eigenvalue weighted by Crippen LogP contribution is -2.31. The Labute approximate surface area is 145 Å². The van der Waals surface area contributed by atoms with Crippen molar-refractivity contribution in [2.24, 2.45) is 0 Å². The van der Waals surface area contributed by atoms with Gasteiger partial charge in [-0.15, -0.1) is 17.5 Å². The average molecular weight is 347 g/mol. The minimum Gasteiger partial charge on any atom is -0.330 e. The van der Waals surface area contributed by atoms with Crippen LogP contribution in [0.25, 0.3) is 23.1 Å². The monoisotopic (exact) mass is 346 g/mol. The van der Waals surface area contributed by atoms with Gasteiger partial charge in [0, 0.05) is 12.1 Å². The maximum atomic E-state index is 5.32. The van der Waals surface area contributed by atoms with Crippen molar-refractivity contribution in [1.29, 1.82) is 0 Å². The van der Waals surface area contributed by atoms with Gasteiger partial charge in [-0.05, 0) is 26.3 Å². The van der Waals surface area contributed by atoms with Crippen molar-refractivity contribution in [3.63, 3.8) is 0 Å². The van der Waals surface area contributed by atoms with E-state index in [2.05, 4.69) is 25.5 Å². The van der Waals surface area contributed by atoms with E-state index < -0.39 is 0 Å². The zero-order chi connectivity index (χ0) is 15.6. The summed E-state index contributed by atoms with van der Waals surface area (Å²) in [7, 11) is 0. The maximum Gasteiger partial charge on any atom is 0.297 e. The van der Waals surface area contributed by atoms with Crippen molar-refractivity contribution in [3.8, 4) is 23.1 Å². The fraction of sp³-hybridized carbons (Fsp3) is 0.375. The van der Waals surface area contributed by atoms with Gasteiger partial charge in [-0.2, -0.15) is 4.98 Å². The molecule has 1 unspecified atom stereocenters. The first-order valence-corrected chi connectivity index (χ1v) is 7.82. The number of halogens is 1. The Bertz CT molecular complexity index is 791. The summed E-state index contributed by atoms with van der Waals surface area (Å²) in [5, 5.41) is 11.9. The fourth-order valence-corrected chi connectivity index (χ4v) is 2.74. The molecular weight excluding hydrogens is 328 g/mol. The number of aryl methyl sites for hydroxylation is 1. The summed E-state index contributed by atoms with van der Waals surface area (Å²) < 4.78 is 7.21. The van der Waals surface area contributed by atoms with Crippen LogP contribution in [0.15, 0.2) is 35.1 Å². The van der Waals surface area contributed by atoms with Crippen molar-refractivity contribution in [2.75, 3.05) is 13.1 Å². The Hall–Kier alpha value is -2.25. The number of rotatable bonds is 3. The molecule has 3 aromatic rings. The number of hydrogen-bond donors (Lipinski definition) is 1. The van der Waals surface area contributed by atoms with Gasteiger partial charge < -0.3 is 9.84 Å². The lowest BCUT2D eigenvalue weighted by Gasteiger charge is -2.22. The third-order valence-corrected chi connectivity index (χ3v) is 4.08. The molecule has 1 atom stereocenters. The number of hydrogen-bond acceptors (Lipinski definition) is 6.